The van der Waals surface area contributed by atoms with E-state index in [0.717, 1.165) is 41.8 Å². The molecule has 0 fully saturated rings. The lowest BCUT2D eigenvalue weighted by Crippen LogP contribution is -2.40. The Kier molecular flexibility index (Phi) is 6.84. The predicted octanol–water partition coefficient (Wildman–Crippen LogP) is 4.47. The first kappa shape index (κ1) is 18.7. The number of hydrogen-bond acceptors (Lipinski definition) is 3. The van der Waals surface area contributed by atoms with Gasteiger partial charge in [0, 0.05) is 47.1 Å². The minimum Gasteiger partial charge on any atom is -0.369 e. The molecule has 1 aliphatic heterocycles. The SMILES string of the molecule is C[C@@H](CN1CCc2ccc(Br)cc21)NCC1=CC=CCC1=S.Cl. The van der Waals surface area contributed by atoms with E-state index in [0.29, 0.717) is 6.04 Å². The third-order valence-corrected chi connectivity index (χ3v) is 5.19. The van der Waals surface area contributed by atoms with Crippen LogP contribution >= 0.6 is 40.6 Å². The summed E-state index contributed by atoms with van der Waals surface area (Å²) in [5.41, 5.74) is 4.09. The molecule has 1 aromatic rings. The van der Waals surface area contributed by atoms with Gasteiger partial charge in [0.05, 0.1) is 0 Å². The van der Waals surface area contributed by atoms with Crippen molar-refractivity contribution in [2.75, 3.05) is 24.5 Å². The van der Waals surface area contributed by atoms with Crippen LogP contribution in [0.3, 0.4) is 0 Å². The average Bonchev–Trinajstić information content (AvgIpc) is 2.89. The molecule has 0 saturated heterocycles. The Labute approximate surface area is 158 Å². The van der Waals surface area contributed by atoms with E-state index < -0.39 is 0 Å². The second-order valence-electron chi connectivity index (χ2n) is 6.00. The molecule has 2 nitrogen and oxygen atoms in total. The number of rotatable bonds is 5. The Hall–Kier alpha value is -0.680. The van der Waals surface area contributed by atoms with Crippen LogP contribution in [0.4, 0.5) is 5.69 Å². The highest BCUT2D eigenvalue weighted by atomic mass is 79.9. The first-order chi connectivity index (χ1) is 10.6. The summed E-state index contributed by atoms with van der Waals surface area (Å²) in [6.07, 6.45) is 8.41. The fraction of sp³-hybridized carbons (Fsp3) is 0.389. The Balaban J connectivity index is 0.00000192. The first-order valence-electron chi connectivity index (χ1n) is 7.79. The largest absolute Gasteiger partial charge is 0.369 e. The van der Waals surface area contributed by atoms with Gasteiger partial charge in [0.2, 0.25) is 0 Å². The van der Waals surface area contributed by atoms with Crippen molar-refractivity contribution >= 4 is 51.1 Å². The zero-order valence-electron chi connectivity index (χ0n) is 13.2. The van der Waals surface area contributed by atoms with Crippen molar-refractivity contribution in [3.05, 3.63) is 52.0 Å². The number of thiocarbonyl (C=S) groups is 1. The lowest BCUT2D eigenvalue weighted by atomic mass is 10.0. The number of anilines is 1. The summed E-state index contributed by atoms with van der Waals surface area (Å²) in [7, 11) is 0. The van der Waals surface area contributed by atoms with Gasteiger partial charge in [0.1, 0.15) is 0 Å². The number of hydrogen-bond donors (Lipinski definition) is 1. The molecule has 23 heavy (non-hydrogen) atoms. The zero-order chi connectivity index (χ0) is 15.5. The van der Waals surface area contributed by atoms with Crippen molar-refractivity contribution in [3.63, 3.8) is 0 Å². The number of nitrogens with one attached hydrogen (secondary N) is 1. The Morgan fingerprint density at radius 1 is 1.39 bits per heavy atom. The normalized spacial score (nSPS) is 17.6. The molecular formula is C18H22BrClN2S. The van der Waals surface area contributed by atoms with E-state index in [1.54, 1.807) is 0 Å². The minimum atomic E-state index is 0. The van der Waals surface area contributed by atoms with Crippen molar-refractivity contribution in [2.45, 2.75) is 25.8 Å². The number of fused-ring (bicyclic) bond motifs is 1. The van der Waals surface area contributed by atoms with Crippen LogP contribution in [0.5, 0.6) is 0 Å². The van der Waals surface area contributed by atoms with E-state index >= 15 is 0 Å². The second kappa shape index (κ2) is 8.43. The molecule has 0 saturated carbocycles. The van der Waals surface area contributed by atoms with E-state index in [1.165, 1.54) is 16.8 Å². The number of halogens is 2. The molecule has 0 unspecified atom stereocenters. The topological polar surface area (TPSA) is 15.3 Å². The maximum Gasteiger partial charge on any atom is 0.0411 e. The molecule has 0 aromatic heterocycles. The van der Waals surface area contributed by atoms with Gasteiger partial charge in [-0.2, -0.15) is 0 Å². The average molecular weight is 414 g/mol. The highest BCUT2D eigenvalue weighted by Crippen LogP contribution is 2.30. The molecule has 1 N–H and O–H groups in total. The molecule has 1 aliphatic carbocycles. The van der Waals surface area contributed by atoms with Crippen LogP contribution in [0.2, 0.25) is 0 Å². The van der Waals surface area contributed by atoms with Crippen LogP contribution in [-0.4, -0.2) is 30.5 Å². The van der Waals surface area contributed by atoms with Gasteiger partial charge in [-0.1, -0.05) is 52.4 Å². The second-order valence-corrected chi connectivity index (χ2v) is 7.41. The fourth-order valence-corrected chi connectivity index (χ4v) is 3.61. The fourth-order valence-electron chi connectivity index (χ4n) is 3.03. The highest BCUT2D eigenvalue weighted by molar-refractivity contribution is 9.10. The van der Waals surface area contributed by atoms with E-state index in [2.05, 4.69) is 69.5 Å². The smallest absolute Gasteiger partial charge is 0.0411 e. The molecule has 0 spiro atoms. The molecule has 1 aromatic carbocycles. The molecule has 5 heteroatoms. The van der Waals surface area contributed by atoms with Gasteiger partial charge in [-0.15, -0.1) is 12.4 Å². The summed E-state index contributed by atoms with van der Waals surface area (Å²) < 4.78 is 1.16. The van der Waals surface area contributed by atoms with Crippen molar-refractivity contribution in [1.82, 2.24) is 5.32 Å². The predicted molar refractivity (Wildman–Crippen MR) is 109 cm³/mol. The summed E-state index contributed by atoms with van der Waals surface area (Å²) in [5, 5.41) is 3.61. The molecule has 0 amide bonds. The van der Waals surface area contributed by atoms with Gasteiger partial charge in [0.25, 0.3) is 0 Å². The van der Waals surface area contributed by atoms with Crippen molar-refractivity contribution in [1.29, 1.82) is 0 Å². The Morgan fingerprint density at radius 3 is 3.00 bits per heavy atom. The minimum absolute atomic E-state index is 0. The van der Waals surface area contributed by atoms with Crippen LogP contribution < -0.4 is 10.2 Å². The van der Waals surface area contributed by atoms with Gasteiger partial charge in [-0.25, -0.2) is 0 Å². The molecule has 3 rings (SSSR count). The van der Waals surface area contributed by atoms with Crippen LogP contribution in [0, 0.1) is 0 Å². The zero-order valence-corrected chi connectivity index (χ0v) is 16.4. The van der Waals surface area contributed by atoms with Gasteiger partial charge >= 0.3 is 0 Å². The monoisotopic (exact) mass is 412 g/mol. The summed E-state index contributed by atoms with van der Waals surface area (Å²) in [4.78, 5) is 3.54. The van der Waals surface area contributed by atoms with Crippen molar-refractivity contribution in [2.24, 2.45) is 0 Å². The van der Waals surface area contributed by atoms with Crippen LogP contribution in [-0.2, 0) is 6.42 Å². The van der Waals surface area contributed by atoms with Crippen LogP contribution in [0.1, 0.15) is 18.9 Å². The number of nitrogens with zero attached hydrogens (tertiary/aromatic N) is 1. The van der Waals surface area contributed by atoms with Gasteiger partial charge in [0.15, 0.2) is 0 Å². The van der Waals surface area contributed by atoms with Gasteiger partial charge in [-0.05, 0) is 36.6 Å². The number of allylic oxidation sites excluding steroid dienone is 3. The summed E-state index contributed by atoms with van der Waals surface area (Å²) in [5.74, 6) is 0. The Bertz CT molecular complexity index is 642. The quantitative estimate of drug-likeness (QED) is 0.717. The van der Waals surface area contributed by atoms with E-state index in [1.807, 2.05) is 0 Å². The maximum absolute atomic E-state index is 5.41. The molecule has 0 radical (unpaired) electrons. The standard InChI is InChI=1S/C18H21BrN2S.ClH/c1-13(20-11-15-4-2-3-5-18(15)22)12-21-9-8-14-6-7-16(19)10-17(14)21;/h2-4,6-7,10,13,20H,5,8-9,11-12H2,1H3;1H/t13-;/m0./s1. The van der Waals surface area contributed by atoms with Crippen LogP contribution in [0.15, 0.2) is 46.5 Å². The molecule has 2 aliphatic rings. The van der Waals surface area contributed by atoms with Crippen molar-refractivity contribution < 1.29 is 0 Å². The molecule has 0 bridgehead atoms. The van der Waals surface area contributed by atoms with E-state index in [-0.39, 0.29) is 12.4 Å². The third kappa shape index (κ3) is 4.66. The van der Waals surface area contributed by atoms with Gasteiger partial charge < -0.3 is 10.2 Å². The number of benzene rings is 1. The molecule has 1 atom stereocenters. The summed E-state index contributed by atoms with van der Waals surface area (Å²) in [6, 6.07) is 7.03. The van der Waals surface area contributed by atoms with Gasteiger partial charge in [-0.3, -0.25) is 0 Å². The third-order valence-electron chi connectivity index (χ3n) is 4.27. The lowest BCUT2D eigenvalue weighted by molar-refractivity contribution is 0.567. The molecule has 124 valence electrons. The first-order valence-corrected chi connectivity index (χ1v) is 8.99. The van der Waals surface area contributed by atoms with E-state index in [4.69, 9.17) is 12.2 Å². The Morgan fingerprint density at radius 2 is 2.22 bits per heavy atom. The highest BCUT2D eigenvalue weighted by Gasteiger charge is 2.20. The molecule has 1 heterocycles. The van der Waals surface area contributed by atoms with Crippen molar-refractivity contribution in [3.8, 4) is 0 Å². The van der Waals surface area contributed by atoms with E-state index in [9.17, 15) is 0 Å². The lowest BCUT2D eigenvalue weighted by Gasteiger charge is -2.25. The summed E-state index contributed by atoms with van der Waals surface area (Å²) >= 11 is 8.99. The maximum atomic E-state index is 5.41. The van der Waals surface area contributed by atoms with Crippen LogP contribution in [0.25, 0.3) is 0 Å². The summed E-state index contributed by atoms with van der Waals surface area (Å²) in [6.45, 7) is 5.25. The molecular weight excluding hydrogens is 392 g/mol.